The summed E-state index contributed by atoms with van der Waals surface area (Å²) in [6, 6.07) is 3.86. The Balaban J connectivity index is 2.54. The largest absolute Gasteiger partial charge is 0.409 e. The first kappa shape index (κ1) is 12.3. The van der Waals surface area contributed by atoms with Crippen LogP contribution >= 0.6 is 22.9 Å². The van der Waals surface area contributed by atoms with Crippen molar-refractivity contribution in [2.24, 2.45) is 10.9 Å². The van der Waals surface area contributed by atoms with Gasteiger partial charge < -0.3 is 10.9 Å². The van der Waals surface area contributed by atoms with E-state index in [-0.39, 0.29) is 5.84 Å². The number of thiophene rings is 1. The lowest BCUT2D eigenvalue weighted by atomic mass is 10.4. The first-order chi connectivity index (χ1) is 7.15. The van der Waals surface area contributed by atoms with Crippen LogP contribution in [0.3, 0.4) is 0 Å². The first-order valence-electron chi connectivity index (χ1n) is 4.58. The maximum absolute atomic E-state index is 8.47. The number of hydrogen-bond acceptors (Lipinski definition) is 4. The Labute approximate surface area is 97.9 Å². The molecule has 4 nitrogen and oxygen atoms in total. The average Bonchev–Trinajstić information content (AvgIpc) is 2.62. The Morgan fingerprint density at radius 3 is 2.87 bits per heavy atom. The number of oxime groups is 1. The molecule has 0 bridgehead atoms. The third-order valence-corrected chi connectivity index (χ3v) is 3.19. The van der Waals surface area contributed by atoms with E-state index in [4.69, 9.17) is 22.5 Å². The maximum atomic E-state index is 8.47. The number of rotatable bonds is 5. The molecule has 0 aliphatic heterocycles. The molecular weight excluding hydrogens is 234 g/mol. The predicted octanol–water partition coefficient (Wildman–Crippen LogP) is 1.97. The molecule has 0 amide bonds. The summed E-state index contributed by atoms with van der Waals surface area (Å²) in [7, 11) is 0. The summed E-state index contributed by atoms with van der Waals surface area (Å²) in [6.45, 7) is 4.10. The highest BCUT2D eigenvalue weighted by molar-refractivity contribution is 7.16. The summed E-state index contributed by atoms with van der Waals surface area (Å²) in [5, 5.41) is 11.4. The summed E-state index contributed by atoms with van der Waals surface area (Å²) in [6.07, 6.45) is 0. The number of nitrogens with two attached hydrogens (primary N) is 1. The topological polar surface area (TPSA) is 61.8 Å². The SMILES string of the molecule is CCN(CC(N)=NO)Cc1ccc(Cl)s1. The molecular formula is C9H14ClN3OS. The molecule has 0 atom stereocenters. The molecule has 1 heterocycles. The minimum Gasteiger partial charge on any atom is -0.409 e. The van der Waals surface area contributed by atoms with Gasteiger partial charge in [0.05, 0.1) is 10.9 Å². The van der Waals surface area contributed by atoms with Crippen LogP contribution < -0.4 is 5.73 Å². The molecule has 0 spiro atoms. The second-order valence-corrected chi connectivity index (χ2v) is 4.90. The predicted molar refractivity (Wildman–Crippen MR) is 63.7 cm³/mol. The number of likely N-dealkylation sites (N-methyl/N-ethyl adjacent to an activating group) is 1. The van der Waals surface area contributed by atoms with Crippen molar-refractivity contribution in [1.29, 1.82) is 0 Å². The van der Waals surface area contributed by atoms with Gasteiger partial charge in [-0.2, -0.15) is 0 Å². The van der Waals surface area contributed by atoms with E-state index >= 15 is 0 Å². The Morgan fingerprint density at radius 2 is 2.40 bits per heavy atom. The van der Waals surface area contributed by atoms with Crippen molar-refractivity contribution in [3.8, 4) is 0 Å². The molecule has 0 saturated heterocycles. The fraction of sp³-hybridized carbons (Fsp3) is 0.444. The molecule has 3 N–H and O–H groups in total. The third-order valence-electron chi connectivity index (χ3n) is 1.97. The fourth-order valence-corrected chi connectivity index (χ4v) is 2.33. The van der Waals surface area contributed by atoms with Crippen LogP contribution in [0.2, 0.25) is 4.34 Å². The highest BCUT2D eigenvalue weighted by Gasteiger charge is 2.07. The molecule has 0 radical (unpaired) electrons. The zero-order chi connectivity index (χ0) is 11.3. The summed E-state index contributed by atoms with van der Waals surface area (Å²) < 4.78 is 0.782. The average molecular weight is 248 g/mol. The van der Waals surface area contributed by atoms with Crippen molar-refractivity contribution < 1.29 is 5.21 Å². The number of hydrogen-bond donors (Lipinski definition) is 2. The molecule has 0 unspecified atom stereocenters. The lowest BCUT2D eigenvalue weighted by molar-refractivity contribution is 0.296. The van der Waals surface area contributed by atoms with Gasteiger partial charge in [-0.15, -0.1) is 11.3 Å². The molecule has 84 valence electrons. The normalized spacial score (nSPS) is 12.3. The van der Waals surface area contributed by atoms with Gasteiger partial charge in [-0.05, 0) is 18.7 Å². The van der Waals surface area contributed by atoms with Crippen LogP contribution in [0.4, 0.5) is 0 Å². The molecule has 0 fully saturated rings. The van der Waals surface area contributed by atoms with E-state index < -0.39 is 0 Å². The van der Waals surface area contributed by atoms with Gasteiger partial charge in [0.1, 0.15) is 0 Å². The third kappa shape index (κ3) is 4.07. The van der Waals surface area contributed by atoms with E-state index in [2.05, 4.69) is 10.1 Å². The first-order valence-corrected chi connectivity index (χ1v) is 5.78. The van der Waals surface area contributed by atoms with Gasteiger partial charge in [0.15, 0.2) is 5.84 Å². The number of amidine groups is 1. The standard InChI is InChI=1S/C9H14ClN3OS/c1-2-13(6-9(11)12-14)5-7-3-4-8(10)15-7/h3-4,14H,2,5-6H2,1H3,(H2,11,12). The maximum Gasteiger partial charge on any atom is 0.153 e. The van der Waals surface area contributed by atoms with Crippen molar-refractivity contribution in [3.63, 3.8) is 0 Å². The van der Waals surface area contributed by atoms with Gasteiger partial charge in [-0.3, -0.25) is 4.90 Å². The van der Waals surface area contributed by atoms with Crippen LogP contribution in [-0.4, -0.2) is 29.0 Å². The second kappa shape index (κ2) is 5.95. The molecule has 1 rings (SSSR count). The lowest BCUT2D eigenvalue weighted by Crippen LogP contribution is -2.33. The molecule has 0 aromatic carbocycles. The van der Waals surface area contributed by atoms with Crippen LogP contribution in [0.25, 0.3) is 0 Å². The lowest BCUT2D eigenvalue weighted by Gasteiger charge is -2.18. The Hall–Kier alpha value is -0.780. The van der Waals surface area contributed by atoms with Gasteiger partial charge in [-0.25, -0.2) is 0 Å². The van der Waals surface area contributed by atoms with Crippen molar-refractivity contribution in [3.05, 3.63) is 21.3 Å². The Bertz CT molecular complexity index is 340. The molecule has 1 aromatic heterocycles. The molecule has 0 aliphatic rings. The van der Waals surface area contributed by atoms with Crippen LogP contribution in [0, 0.1) is 0 Å². The number of nitrogens with zero attached hydrogens (tertiary/aromatic N) is 2. The van der Waals surface area contributed by atoms with Crippen molar-refractivity contribution >= 4 is 28.8 Å². The highest BCUT2D eigenvalue weighted by atomic mass is 35.5. The van der Waals surface area contributed by atoms with E-state index in [0.29, 0.717) is 6.54 Å². The van der Waals surface area contributed by atoms with Crippen LogP contribution in [0.15, 0.2) is 17.3 Å². The van der Waals surface area contributed by atoms with Crippen LogP contribution in [-0.2, 0) is 6.54 Å². The smallest absolute Gasteiger partial charge is 0.153 e. The monoisotopic (exact) mass is 247 g/mol. The summed E-state index contributed by atoms with van der Waals surface area (Å²) in [5.41, 5.74) is 5.44. The van der Waals surface area contributed by atoms with E-state index in [1.807, 2.05) is 19.1 Å². The second-order valence-electron chi connectivity index (χ2n) is 3.10. The van der Waals surface area contributed by atoms with E-state index in [9.17, 15) is 0 Å². The van der Waals surface area contributed by atoms with Gasteiger partial charge in [0.25, 0.3) is 0 Å². The molecule has 0 aliphatic carbocycles. The molecule has 0 saturated carbocycles. The molecule has 15 heavy (non-hydrogen) atoms. The fourth-order valence-electron chi connectivity index (χ4n) is 1.20. The van der Waals surface area contributed by atoms with Crippen molar-refractivity contribution in [1.82, 2.24) is 4.90 Å². The molecule has 1 aromatic rings. The quantitative estimate of drug-likeness (QED) is 0.362. The van der Waals surface area contributed by atoms with Crippen molar-refractivity contribution in [2.75, 3.05) is 13.1 Å². The van der Waals surface area contributed by atoms with Gasteiger partial charge in [0, 0.05) is 11.4 Å². The summed E-state index contributed by atoms with van der Waals surface area (Å²) >= 11 is 7.38. The zero-order valence-electron chi connectivity index (χ0n) is 8.48. The minimum atomic E-state index is 0.222. The Morgan fingerprint density at radius 1 is 1.67 bits per heavy atom. The number of halogens is 1. The van der Waals surface area contributed by atoms with E-state index in [0.717, 1.165) is 17.4 Å². The zero-order valence-corrected chi connectivity index (χ0v) is 10.1. The van der Waals surface area contributed by atoms with Gasteiger partial charge >= 0.3 is 0 Å². The van der Waals surface area contributed by atoms with E-state index in [1.54, 1.807) is 11.3 Å². The van der Waals surface area contributed by atoms with Gasteiger partial charge in [0.2, 0.25) is 0 Å². The minimum absolute atomic E-state index is 0.222. The highest BCUT2D eigenvalue weighted by Crippen LogP contribution is 2.22. The van der Waals surface area contributed by atoms with Gasteiger partial charge in [-0.1, -0.05) is 23.7 Å². The van der Waals surface area contributed by atoms with Crippen molar-refractivity contribution in [2.45, 2.75) is 13.5 Å². The van der Waals surface area contributed by atoms with Crippen LogP contribution in [0.1, 0.15) is 11.8 Å². The summed E-state index contributed by atoms with van der Waals surface area (Å²) in [4.78, 5) is 3.24. The summed E-state index contributed by atoms with van der Waals surface area (Å²) in [5.74, 6) is 0.222. The molecule has 6 heteroatoms. The van der Waals surface area contributed by atoms with E-state index in [1.165, 1.54) is 4.88 Å². The Kier molecular flexibility index (Phi) is 4.87. The van der Waals surface area contributed by atoms with Crippen LogP contribution in [0.5, 0.6) is 0 Å².